The molecular formula is C16H34. The van der Waals surface area contributed by atoms with Gasteiger partial charge in [0.25, 0.3) is 0 Å². The van der Waals surface area contributed by atoms with Crippen LogP contribution in [0.5, 0.6) is 0 Å². The van der Waals surface area contributed by atoms with Gasteiger partial charge in [-0.3, -0.25) is 0 Å². The monoisotopic (exact) mass is 226 g/mol. The summed E-state index contributed by atoms with van der Waals surface area (Å²) >= 11 is 0. The summed E-state index contributed by atoms with van der Waals surface area (Å²) in [6.45, 7) is 11.8. The smallest absolute Gasteiger partial charge is 0.0440 e. The standard InChI is InChI=1S/C16H34/c1-6-7-8-11-15(4)13-16(5)12-9-10-14(2)3/h14-16H,6-13H2,1-5H3. The molecule has 0 N–H and O–H groups in total. The molecule has 0 saturated carbocycles. The van der Waals surface area contributed by atoms with Gasteiger partial charge in [-0.15, -0.1) is 0 Å². The van der Waals surface area contributed by atoms with Gasteiger partial charge in [0.15, 0.2) is 0 Å². The molecule has 0 aromatic heterocycles. The highest BCUT2D eigenvalue weighted by molar-refractivity contribution is 4.61. The van der Waals surface area contributed by atoms with Crippen LogP contribution in [0.15, 0.2) is 0 Å². The maximum Gasteiger partial charge on any atom is -0.0440 e. The van der Waals surface area contributed by atoms with Crippen molar-refractivity contribution in [1.29, 1.82) is 0 Å². The fourth-order valence-corrected chi connectivity index (χ4v) is 2.54. The number of hydrogen-bond acceptors (Lipinski definition) is 0. The SMILES string of the molecule is CCCCCC(C)CC(C)CCCC(C)C. The summed E-state index contributed by atoms with van der Waals surface area (Å²) in [5, 5.41) is 0. The first kappa shape index (κ1) is 16.0. The Bertz CT molecular complexity index is 137. The Balaban J connectivity index is 3.42. The largest absolute Gasteiger partial charge is 0.0654 e. The lowest BCUT2D eigenvalue weighted by Crippen LogP contribution is -2.04. The predicted molar refractivity (Wildman–Crippen MR) is 75.8 cm³/mol. The van der Waals surface area contributed by atoms with Crippen LogP contribution in [0.2, 0.25) is 0 Å². The summed E-state index contributed by atoms with van der Waals surface area (Å²) in [5.41, 5.74) is 0. The van der Waals surface area contributed by atoms with Crippen LogP contribution >= 0.6 is 0 Å². The summed E-state index contributed by atoms with van der Waals surface area (Å²) in [7, 11) is 0. The van der Waals surface area contributed by atoms with Crippen LogP contribution in [0.4, 0.5) is 0 Å². The lowest BCUT2D eigenvalue weighted by Gasteiger charge is -2.17. The topological polar surface area (TPSA) is 0 Å². The van der Waals surface area contributed by atoms with E-state index < -0.39 is 0 Å². The van der Waals surface area contributed by atoms with E-state index in [1.165, 1.54) is 51.4 Å². The minimum absolute atomic E-state index is 0.883. The van der Waals surface area contributed by atoms with E-state index in [1.807, 2.05) is 0 Å². The lowest BCUT2D eigenvalue weighted by atomic mass is 9.89. The molecule has 2 unspecified atom stereocenters. The molecule has 0 saturated heterocycles. The molecule has 0 heterocycles. The van der Waals surface area contributed by atoms with Crippen molar-refractivity contribution in [3.63, 3.8) is 0 Å². The molecular weight excluding hydrogens is 192 g/mol. The second-order valence-electron chi connectivity index (χ2n) is 6.27. The molecule has 16 heavy (non-hydrogen) atoms. The summed E-state index contributed by atoms with van der Waals surface area (Å²) in [4.78, 5) is 0. The van der Waals surface area contributed by atoms with Gasteiger partial charge in [-0.25, -0.2) is 0 Å². The first-order valence-corrected chi connectivity index (χ1v) is 7.56. The third kappa shape index (κ3) is 10.5. The van der Waals surface area contributed by atoms with Crippen molar-refractivity contribution in [2.24, 2.45) is 17.8 Å². The molecule has 0 spiro atoms. The van der Waals surface area contributed by atoms with Crippen molar-refractivity contribution in [3.05, 3.63) is 0 Å². The molecule has 2 atom stereocenters. The molecule has 0 aromatic rings. The first-order chi connectivity index (χ1) is 7.56. The maximum absolute atomic E-state index is 2.44. The molecule has 0 heteroatoms. The maximum atomic E-state index is 2.44. The van der Waals surface area contributed by atoms with Gasteiger partial charge in [-0.05, 0) is 24.2 Å². The van der Waals surface area contributed by atoms with E-state index in [9.17, 15) is 0 Å². The van der Waals surface area contributed by atoms with Gasteiger partial charge >= 0.3 is 0 Å². The highest BCUT2D eigenvalue weighted by Gasteiger charge is 2.08. The second kappa shape index (κ2) is 10.2. The van der Waals surface area contributed by atoms with Gasteiger partial charge < -0.3 is 0 Å². The van der Waals surface area contributed by atoms with Crippen molar-refractivity contribution in [2.75, 3.05) is 0 Å². The summed E-state index contributed by atoms with van der Waals surface area (Å²) in [5.74, 6) is 2.77. The van der Waals surface area contributed by atoms with E-state index in [0.29, 0.717) is 0 Å². The Morgan fingerprint density at radius 1 is 0.688 bits per heavy atom. The highest BCUT2D eigenvalue weighted by Crippen LogP contribution is 2.22. The van der Waals surface area contributed by atoms with Crippen LogP contribution in [0.25, 0.3) is 0 Å². The predicted octanol–water partition coefficient (Wildman–Crippen LogP) is 6.06. The minimum atomic E-state index is 0.883. The van der Waals surface area contributed by atoms with Crippen molar-refractivity contribution >= 4 is 0 Å². The molecule has 0 aromatic carbocycles. The van der Waals surface area contributed by atoms with E-state index in [0.717, 1.165) is 17.8 Å². The second-order valence-corrected chi connectivity index (χ2v) is 6.27. The van der Waals surface area contributed by atoms with Crippen molar-refractivity contribution in [2.45, 2.75) is 86.0 Å². The Labute approximate surface area is 104 Å². The van der Waals surface area contributed by atoms with Crippen LogP contribution in [0.1, 0.15) is 86.0 Å². The van der Waals surface area contributed by atoms with E-state index in [-0.39, 0.29) is 0 Å². The lowest BCUT2D eigenvalue weighted by molar-refractivity contribution is 0.353. The van der Waals surface area contributed by atoms with Crippen LogP contribution in [0.3, 0.4) is 0 Å². The van der Waals surface area contributed by atoms with Gasteiger partial charge in [-0.1, -0.05) is 79.6 Å². The van der Waals surface area contributed by atoms with E-state index in [2.05, 4.69) is 34.6 Å². The molecule has 0 fully saturated rings. The van der Waals surface area contributed by atoms with Crippen LogP contribution in [-0.4, -0.2) is 0 Å². The third-order valence-corrected chi connectivity index (χ3v) is 3.58. The average Bonchev–Trinajstić information content (AvgIpc) is 2.17. The molecule has 0 amide bonds. The molecule has 0 aliphatic rings. The number of rotatable bonds is 10. The molecule has 0 rings (SSSR count). The van der Waals surface area contributed by atoms with Gasteiger partial charge in [0, 0.05) is 0 Å². The first-order valence-electron chi connectivity index (χ1n) is 7.56. The average molecular weight is 226 g/mol. The highest BCUT2D eigenvalue weighted by atomic mass is 14.1. The van der Waals surface area contributed by atoms with Gasteiger partial charge in [0.1, 0.15) is 0 Å². The van der Waals surface area contributed by atoms with Crippen molar-refractivity contribution in [3.8, 4) is 0 Å². The molecule has 0 radical (unpaired) electrons. The summed E-state index contributed by atoms with van der Waals surface area (Å²) in [6, 6.07) is 0. The summed E-state index contributed by atoms with van der Waals surface area (Å²) in [6.07, 6.45) is 11.4. The normalized spacial score (nSPS) is 15.4. The number of hydrogen-bond donors (Lipinski definition) is 0. The molecule has 0 bridgehead atoms. The Hall–Kier alpha value is 0. The molecule has 98 valence electrons. The van der Waals surface area contributed by atoms with Gasteiger partial charge in [-0.2, -0.15) is 0 Å². The van der Waals surface area contributed by atoms with E-state index in [4.69, 9.17) is 0 Å². The van der Waals surface area contributed by atoms with E-state index >= 15 is 0 Å². The quantitative estimate of drug-likeness (QED) is 0.397. The minimum Gasteiger partial charge on any atom is -0.0654 e. The Kier molecular flexibility index (Phi) is 10.2. The number of unbranched alkanes of at least 4 members (excludes halogenated alkanes) is 2. The molecule has 0 aliphatic heterocycles. The van der Waals surface area contributed by atoms with Gasteiger partial charge in [0.05, 0.1) is 0 Å². The summed E-state index contributed by atoms with van der Waals surface area (Å²) < 4.78 is 0. The van der Waals surface area contributed by atoms with Crippen LogP contribution in [-0.2, 0) is 0 Å². The Morgan fingerprint density at radius 2 is 1.25 bits per heavy atom. The molecule has 0 aliphatic carbocycles. The zero-order chi connectivity index (χ0) is 12.4. The fraction of sp³-hybridized carbons (Fsp3) is 1.00. The molecule has 0 nitrogen and oxygen atoms in total. The zero-order valence-electron chi connectivity index (χ0n) is 12.4. The van der Waals surface area contributed by atoms with Crippen molar-refractivity contribution in [1.82, 2.24) is 0 Å². The van der Waals surface area contributed by atoms with E-state index in [1.54, 1.807) is 0 Å². The fourth-order valence-electron chi connectivity index (χ4n) is 2.54. The third-order valence-electron chi connectivity index (χ3n) is 3.58. The van der Waals surface area contributed by atoms with Gasteiger partial charge in [0.2, 0.25) is 0 Å². The zero-order valence-corrected chi connectivity index (χ0v) is 12.4. The Morgan fingerprint density at radius 3 is 1.75 bits per heavy atom. The van der Waals surface area contributed by atoms with Crippen LogP contribution in [0, 0.1) is 17.8 Å². The van der Waals surface area contributed by atoms with Crippen LogP contribution < -0.4 is 0 Å². The van der Waals surface area contributed by atoms with Crippen molar-refractivity contribution < 1.29 is 0 Å².